The number of rotatable bonds is 3. The van der Waals surface area contributed by atoms with Crippen LogP contribution in [-0.2, 0) is 6.42 Å². The van der Waals surface area contributed by atoms with Crippen LogP contribution in [0.4, 0.5) is 0 Å². The molecule has 1 heterocycles. The van der Waals surface area contributed by atoms with Crippen molar-refractivity contribution in [2.45, 2.75) is 20.3 Å². The van der Waals surface area contributed by atoms with E-state index >= 15 is 0 Å². The molecule has 0 aliphatic heterocycles. The van der Waals surface area contributed by atoms with Crippen LogP contribution in [0.3, 0.4) is 0 Å². The van der Waals surface area contributed by atoms with Gasteiger partial charge in [0.15, 0.2) is 0 Å². The third kappa shape index (κ3) is 2.39. The molecule has 0 aliphatic rings. The predicted octanol–water partition coefficient (Wildman–Crippen LogP) is 1.73. The summed E-state index contributed by atoms with van der Waals surface area (Å²) < 4.78 is 5.40. The van der Waals surface area contributed by atoms with Crippen LogP contribution < -0.4 is 5.73 Å². The Labute approximate surface area is 67.4 Å². The highest BCUT2D eigenvalue weighted by atomic mass is 16.3. The first-order chi connectivity index (χ1) is 5.22. The summed E-state index contributed by atoms with van der Waals surface area (Å²) in [5.41, 5.74) is 5.49. The first kappa shape index (κ1) is 8.34. The molecule has 0 saturated heterocycles. The highest BCUT2D eigenvalue weighted by Crippen LogP contribution is 2.10. The Kier molecular flexibility index (Phi) is 2.71. The monoisotopic (exact) mass is 153 g/mol. The molecule has 0 fully saturated rings. The van der Waals surface area contributed by atoms with Crippen LogP contribution in [-0.4, -0.2) is 6.54 Å². The zero-order valence-corrected chi connectivity index (χ0v) is 7.13. The van der Waals surface area contributed by atoms with E-state index in [0.717, 1.165) is 24.5 Å². The second kappa shape index (κ2) is 3.58. The van der Waals surface area contributed by atoms with Crippen LogP contribution >= 0.6 is 0 Å². The number of nitrogens with two attached hydrogens (primary N) is 1. The molecular weight excluding hydrogens is 138 g/mol. The molecular formula is C9H15NO. The Balaban J connectivity index is 2.50. The molecule has 0 aromatic carbocycles. The van der Waals surface area contributed by atoms with Crippen LogP contribution in [0.2, 0.25) is 0 Å². The van der Waals surface area contributed by atoms with Crippen LogP contribution in [0, 0.1) is 12.8 Å². The van der Waals surface area contributed by atoms with Crippen molar-refractivity contribution in [2.75, 3.05) is 6.54 Å². The molecule has 0 radical (unpaired) electrons. The SMILES string of the molecule is Cc1ccc(CC(C)CN)o1. The van der Waals surface area contributed by atoms with Gasteiger partial charge in [-0.05, 0) is 31.5 Å². The summed E-state index contributed by atoms with van der Waals surface area (Å²) in [6, 6.07) is 4.00. The van der Waals surface area contributed by atoms with Crippen molar-refractivity contribution in [3.63, 3.8) is 0 Å². The second-order valence-corrected chi connectivity index (χ2v) is 3.06. The third-order valence-electron chi connectivity index (χ3n) is 1.75. The molecule has 11 heavy (non-hydrogen) atoms. The van der Waals surface area contributed by atoms with E-state index in [2.05, 4.69) is 6.92 Å². The summed E-state index contributed by atoms with van der Waals surface area (Å²) in [4.78, 5) is 0. The van der Waals surface area contributed by atoms with E-state index in [0.29, 0.717) is 5.92 Å². The van der Waals surface area contributed by atoms with Gasteiger partial charge in [0.1, 0.15) is 11.5 Å². The molecule has 2 N–H and O–H groups in total. The molecule has 1 aromatic rings. The van der Waals surface area contributed by atoms with Gasteiger partial charge in [-0.25, -0.2) is 0 Å². The Bertz CT molecular complexity index is 217. The van der Waals surface area contributed by atoms with Gasteiger partial charge in [0.05, 0.1) is 0 Å². The molecule has 0 spiro atoms. The molecule has 0 aliphatic carbocycles. The fraction of sp³-hybridized carbons (Fsp3) is 0.556. The van der Waals surface area contributed by atoms with Crippen molar-refractivity contribution in [3.8, 4) is 0 Å². The minimum Gasteiger partial charge on any atom is -0.466 e. The highest BCUT2D eigenvalue weighted by Gasteiger charge is 2.03. The lowest BCUT2D eigenvalue weighted by atomic mass is 10.1. The highest BCUT2D eigenvalue weighted by molar-refractivity contribution is 5.05. The number of hydrogen-bond donors (Lipinski definition) is 1. The Morgan fingerprint density at radius 2 is 2.27 bits per heavy atom. The maximum absolute atomic E-state index is 5.49. The molecule has 2 nitrogen and oxygen atoms in total. The number of furan rings is 1. The van der Waals surface area contributed by atoms with E-state index in [1.54, 1.807) is 0 Å². The number of aryl methyl sites for hydroxylation is 1. The normalized spacial score (nSPS) is 13.4. The lowest BCUT2D eigenvalue weighted by Crippen LogP contribution is -2.12. The average molecular weight is 153 g/mol. The topological polar surface area (TPSA) is 39.2 Å². The lowest BCUT2D eigenvalue weighted by molar-refractivity contribution is 0.444. The lowest BCUT2D eigenvalue weighted by Gasteiger charge is -2.03. The largest absolute Gasteiger partial charge is 0.466 e. The van der Waals surface area contributed by atoms with Gasteiger partial charge in [-0.2, -0.15) is 0 Å². The minimum atomic E-state index is 0.514. The summed E-state index contributed by atoms with van der Waals surface area (Å²) in [6.45, 7) is 4.80. The summed E-state index contributed by atoms with van der Waals surface area (Å²) in [5, 5.41) is 0. The molecule has 0 bridgehead atoms. The van der Waals surface area contributed by atoms with E-state index in [1.165, 1.54) is 0 Å². The minimum absolute atomic E-state index is 0.514. The van der Waals surface area contributed by atoms with Crippen molar-refractivity contribution in [1.82, 2.24) is 0 Å². The maximum Gasteiger partial charge on any atom is 0.104 e. The van der Waals surface area contributed by atoms with Crippen molar-refractivity contribution in [1.29, 1.82) is 0 Å². The fourth-order valence-electron chi connectivity index (χ4n) is 1.02. The standard InChI is InChI=1S/C9H15NO/c1-7(6-10)5-9-4-3-8(2)11-9/h3-4,7H,5-6,10H2,1-2H3. The molecule has 0 saturated carbocycles. The second-order valence-electron chi connectivity index (χ2n) is 3.06. The molecule has 1 unspecified atom stereocenters. The van der Waals surface area contributed by atoms with Crippen LogP contribution in [0.5, 0.6) is 0 Å². The van der Waals surface area contributed by atoms with Gasteiger partial charge in [-0.1, -0.05) is 6.92 Å². The van der Waals surface area contributed by atoms with Gasteiger partial charge in [0.2, 0.25) is 0 Å². The quantitative estimate of drug-likeness (QED) is 0.718. The Morgan fingerprint density at radius 1 is 1.55 bits per heavy atom. The molecule has 0 amide bonds. The van der Waals surface area contributed by atoms with Gasteiger partial charge >= 0.3 is 0 Å². The van der Waals surface area contributed by atoms with Gasteiger partial charge < -0.3 is 10.2 Å². The Morgan fingerprint density at radius 3 is 2.73 bits per heavy atom. The average Bonchev–Trinajstić information content (AvgIpc) is 2.35. The molecule has 1 atom stereocenters. The van der Waals surface area contributed by atoms with E-state index in [1.807, 2.05) is 19.1 Å². The Hall–Kier alpha value is -0.760. The van der Waals surface area contributed by atoms with Crippen LogP contribution in [0.15, 0.2) is 16.5 Å². The smallest absolute Gasteiger partial charge is 0.104 e. The predicted molar refractivity (Wildman–Crippen MR) is 45.4 cm³/mol. The molecule has 1 rings (SSSR count). The fourth-order valence-corrected chi connectivity index (χ4v) is 1.02. The van der Waals surface area contributed by atoms with Gasteiger partial charge in [-0.3, -0.25) is 0 Å². The van der Waals surface area contributed by atoms with E-state index in [9.17, 15) is 0 Å². The summed E-state index contributed by atoms with van der Waals surface area (Å²) in [6.07, 6.45) is 0.949. The van der Waals surface area contributed by atoms with E-state index in [-0.39, 0.29) is 0 Å². The zero-order valence-electron chi connectivity index (χ0n) is 7.13. The first-order valence-electron chi connectivity index (χ1n) is 3.97. The van der Waals surface area contributed by atoms with E-state index < -0.39 is 0 Å². The molecule has 1 aromatic heterocycles. The zero-order chi connectivity index (χ0) is 8.27. The summed E-state index contributed by atoms with van der Waals surface area (Å²) in [7, 11) is 0. The van der Waals surface area contributed by atoms with Crippen molar-refractivity contribution in [2.24, 2.45) is 11.7 Å². The van der Waals surface area contributed by atoms with Gasteiger partial charge in [0, 0.05) is 6.42 Å². The van der Waals surface area contributed by atoms with Crippen LogP contribution in [0.1, 0.15) is 18.4 Å². The first-order valence-corrected chi connectivity index (χ1v) is 3.97. The third-order valence-corrected chi connectivity index (χ3v) is 1.75. The van der Waals surface area contributed by atoms with E-state index in [4.69, 9.17) is 10.2 Å². The summed E-state index contributed by atoms with van der Waals surface area (Å²) >= 11 is 0. The van der Waals surface area contributed by atoms with Crippen molar-refractivity contribution >= 4 is 0 Å². The van der Waals surface area contributed by atoms with Gasteiger partial charge in [0.25, 0.3) is 0 Å². The summed E-state index contributed by atoms with van der Waals surface area (Å²) in [5.74, 6) is 2.53. The number of hydrogen-bond acceptors (Lipinski definition) is 2. The maximum atomic E-state index is 5.49. The molecule has 62 valence electrons. The van der Waals surface area contributed by atoms with Crippen molar-refractivity contribution < 1.29 is 4.42 Å². The van der Waals surface area contributed by atoms with Crippen LogP contribution in [0.25, 0.3) is 0 Å². The van der Waals surface area contributed by atoms with Gasteiger partial charge in [-0.15, -0.1) is 0 Å². The molecule has 2 heteroatoms. The van der Waals surface area contributed by atoms with Crippen molar-refractivity contribution in [3.05, 3.63) is 23.7 Å².